The Morgan fingerprint density at radius 1 is 1.24 bits per heavy atom. The van der Waals surface area contributed by atoms with E-state index in [0.717, 1.165) is 0 Å². The Bertz CT molecular complexity index is 225. The molecular formula is C12H20O5. The number of hydrogen-bond acceptors (Lipinski definition) is 5. The molecular weight excluding hydrogens is 224 g/mol. The first-order valence-electron chi connectivity index (χ1n) is 5.76. The van der Waals surface area contributed by atoms with E-state index < -0.39 is 0 Å². The Morgan fingerprint density at radius 2 is 2.00 bits per heavy atom. The van der Waals surface area contributed by atoms with Crippen molar-refractivity contribution >= 4 is 0 Å². The summed E-state index contributed by atoms with van der Waals surface area (Å²) in [5.74, 6) is 2.41. The molecule has 0 aromatic carbocycles. The van der Waals surface area contributed by atoms with Crippen LogP contribution < -0.4 is 0 Å². The van der Waals surface area contributed by atoms with Crippen LogP contribution in [0.5, 0.6) is 0 Å². The summed E-state index contributed by atoms with van der Waals surface area (Å²) < 4.78 is 27.0. The van der Waals surface area contributed by atoms with Crippen LogP contribution in [-0.4, -0.2) is 58.6 Å². The molecule has 1 aliphatic rings. The van der Waals surface area contributed by atoms with E-state index in [1.54, 1.807) is 0 Å². The molecule has 0 aliphatic carbocycles. The van der Waals surface area contributed by atoms with E-state index >= 15 is 0 Å². The van der Waals surface area contributed by atoms with Gasteiger partial charge < -0.3 is 23.7 Å². The number of rotatable bonds is 3. The zero-order chi connectivity index (χ0) is 12.3. The highest BCUT2D eigenvalue weighted by atomic mass is 16.7. The van der Waals surface area contributed by atoms with Gasteiger partial charge in [0.2, 0.25) is 0 Å². The smallest absolute Gasteiger partial charge is 0.155 e. The lowest BCUT2D eigenvalue weighted by atomic mass is 10.4. The molecule has 1 saturated heterocycles. The molecule has 0 aromatic rings. The third kappa shape index (κ3) is 7.31. The number of ether oxygens (including phenoxy) is 5. The zero-order valence-corrected chi connectivity index (χ0v) is 10.2. The molecule has 5 heteroatoms. The Hall–Kier alpha value is -0.640. The Balaban J connectivity index is 2.32. The first-order valence-corrected chi connectivity index (χ1v) is 5.76. The molecule has 1 rings (SSSR count). The summed E-state index contributed by atoms with van der Waals surface area (Å²) in [7, 11) is 0. The summed E-state index contributed by atoms with van der Waals surface area (Å²) in [5, 5.41) is 0. The first-order chi connectivity index (χ1) is 8.33. The van der Waals surface area contributed by atoms with Crippen molar-refractivity contribution in [2.45, 2.75) is 19.3 Å². The molecule has 0 bridgehead atoms. The van der Waals surface area contributed by atoms with Crippen molar-refractivity contribution in [1.29, 1.82) is 0 Å². The normalized spacial score (nSPS) is 28.0. The molecule has 0 spiro atoms. The van der Waals surface area contributed by atoms with Gasteiger partial charge in [0.05, 0.1) is 39.6 Å². The van der Waals surface area contributed by atoms with Crippen LogP contribution in [0.2, 0.25) is 0 Å². The summed E-state index contributed by atoms with van der Waals surface area (Å²) in [5.41, 5.74) is 0. The fourth-order valence-electron chi connectivity index (χ4n) is 1.39. The molecule has 2 atom stereocenters. The molecule has 0 radical (unpaired) electrons. The summed E-state index contributed by atoms with van der Waals surface area (Å²) in [4.78, 5) is 0. The third-order valence-corrected chi connectivity index (χ3v) is 2.13. The second-order valence-electron chi connectivity index (χ2n) is 3.60. The highest BCUT2D eigenvalue weighted by molar-refractivity contribution is 4.83. The van der Waals surface area contributed by atoms with Crippen LogP contribution in [0.3, 0.4) is 0 Å². The Labute approximate surface area is 102 Å². The molecule has 0 saturated carbocycles. The molecule has 0 aromatic heterocycles. The van der Waals surface area contributed by atoms with Gasteiger partial charge in [0, 0.05) is 0 Å². The van der Waals surface area contributed by atoms with Crippen LogP contribution >= 0.6 is 0 Å². The Morgan fingerprint density at radius 3 is 2.82 bits per heavy atom. The van der Waals surface area contributed by atoms with Crippen LogP contribution in [0, 0.1) is 12.3 Å². The van der Waals surface area contributed by atoms with E-state index in [9.17, 15) is 0 Å². The Kier molecular flexibility index (Phi) is 7.97. The first kappa shape index (κ1) is 14.4. The van der Waals surface area contributed by atoms with Crippen molar-refractivity contribution < 1.29 is 23.7 Å². The van der Waals surface area contributed by atoms with Gasteiger partial charge in [0.25, 0.3) is 0 Å². The van der Waals surface area contributed by atoms with Crippen LogP contribution in [0.25, 0.3) is 0 Å². The lowest BCUT2D eigenvalue weighted by molar-refractivity contribution is -0.183. The standard InChI is InChI=1S/C12H20O5/c1-3-4-14-9-12-10-15-6-5-13-7-8-16-11(2)17-12/h1,11-12H,4-10H2,2H3. The van der Waals surface area contributed by atoms with Gasteiger partial charge in [0.1, 0.15) is 12.7 Å². The molecule has 17 heavy (non-hydrogen) atoms. The van der Waals surface area contributed by atoms with Crippen molar-refractivity contribution in [3.05, 3.63) is 0 Å². The van der Waals surface area contributed by atoms with E-state index in [2.05, 4.69) is 5.92 Å². The van der Waals surface area contributed by atoms with Crippen LogP contribution in [0.4, 0.5) is 0 Å². The maximum Gasteiger partial charge on any atom is 0.155 e. The number of terminal acetylenes is 1. The highest BCUT2D eigenvalue weighted by Gasteiger charge is 2.15. The van der Waals surface area contributed by atoms with Gasteiger partial charge in [-0.25, -0.2) is 0 Å². The van der Waals surface area contributed by atoms with E-state index in [4.69, 9.17) is 30.1 Å². The minimum atomic E-state index is -0.306. The van der Waals surface area contributed by atoms with Crippen LogP contribution in [0.15, 0.2) is 0 Å². The van der Waals surface area contributed by atoms with Crippen molar-refractivity contribution in [3.63, 3.8) is 0 Å². The fraction of sp³-hybridized carbons (Fsp3) is 0.833. The lowest BCUT2D eigenvalue weighted by Crippen LogP contribution is -2.31. The second-order valence-corrected chi connectivity index (χ2v) is 3.60. The van der Waals surface area contributed by atoms with E-state index in [-0.39, 0.29) is 19.0 Å². The van der Waals surface area contributed by atoms with Gasteiger partial charge in [0.15, 0.2) is 6.29 Å². The van der Waals surface area contributed by atoms with E-state index in [0.29, 0.717) is 39.6 Å². The molecule has 0 amide bonds. The molecule has 1 heterocycles. The summed E-state index contributed by atoms with van der Waals surface area (Å²) in [6, 6.07) is 0. The maximum atomic E-state index is 5.63. The van der Waals surface area contributed by atoms with Crippen molar-refractivity contribution in [2.75, 3.05) is 46.2 Å². The van der Waals surface area contributed by atoms with Crippen LogP contribution in [-0.2, 0) is 23.7 Å². The van der Waals surface area contributed by atoms with Crippen molar-refractivity contribution in [3.8, 4) is 12.3 Å². The summed E-state index contributed by atoms with van der Waals surface area (Å²) >= 11 is 0. The molecule has 2 unspecified atom stereocenters. The molecule has 1 fully saturated rings. The summed E-state index contributed by atoms with van der Waals surface area (Å²) in [6.07, 6.45) is 4.63. The zero-order valence-electron chi connectivity index (χ0n) is 10.2. The quantitative estimate of drug-likeness (QED) is 0.532. The number of hydrogen-bond donors (Lipinski definition) is 0. The van der Waals surface area contributed by atoms with Crippen LogP contribution in [0.1, 0.15) is 6.92 Å². The predicted octanol–water partition coefficient (Wildman–Crippen LogP) is 0.431. The fourth-order valence-corrected chi connectivity index (χ4v) is 1.39. The predicted molar refractivity (Wildman–Crippen MR) is 61.6 cm³/mol. The van der Waals surface area contributed by atoms with E-state index in [1.807, 2.05) is 6.92 Å². The van der Waals surface area contributed by atoms with Gasteiger partial charge in [-0.2, -0.15) is 0 Å². The largest absolute Gasteiger partial charge is 0.377 e. The third-order valence-electron chi connectivity index (χ3n) is 2.13. The maximum absolute atomic E-state index is 5.63. The second kappa shape index (κ2) is 9.40. The van der Waals surface area contributed by atoms with Gasteiger partial charge in [-0.05, 0) is 6.92 Å². The monoisotopic (exact) mass is 244 g/mol. The minimum absolute atomic E-state index is 0.170. The van der Waals surface area contributed by atoms with E-state index in [1.165, 1.54) is 0 Å². The lowest BCUT2D eigenvalue weighted by Gasteiger charge is -2.21. The average molecular weight is 244 g/mol. The molecule has 1 aliphatic heterocycles. The SMILES string of the molecule is C#CCOCC1COCCOCCOC(C)O1. The van der Waals surface area contributed by atoms with Gasteiger partial charge >= 0.3 is 0 Å². The minimum Gasteiger partial charge on any atom is -0.377 e. The van der Waals surface area contributed by atoms with Gasteiger partial charge in [-0.15, -0.1) is 6.42 Å². The molecule has 98 valence electrons. The van der Waals surface area contributed by atoms with Crippen molar-refractivity contribution in [2.24, 2.45) is 0 Å². The molecule has 5 nitrogen and oxygen atoms in total. The average Bonchev–Trinajstić information content (AvgIpc) is 2.35. The van der Waals surface area contributed by atoms with Gasteiger partial charge in [-0.1, -0.05) is 5.92 Å². The van der Waals surface area contributed by atoms with Crippen molar-refractivity contribution in [1.82, 2.24) is 0 Å². The molecule has 0 N–H and O–H groups in total. The topological polar surface area (TPSA) is 46.2 Å². The highest BCUT2D eigenvalue weighted by Crippen LogP contribution is 2.03. The summed E-state index contributed by atoms with van der Waals surface area (Å²) in [6.45, 7) is 5.14. The van der Waals surface area contributed by atoms with Gasteiger partial charge in [-0.3, -0.25) is 0 Å².